The van der Waals surface area contributed by atoms with Crippen LogP contribution in [0.4, 0.5) is 13.2 Å². The molecule has 0 aliphatic heterocycles. The highest BCUT2D eigenvalue weighted by Crippen LogP contribution is 2.26. The second kappa shape index (κ2) is 9.69. The van der Waals surface area contributed by atoms with E-state index in [4.69, 9.17) is 10.1 Å². The van der Waals surface area contributed by atoms with Crippen molar-refractivity contribution in [2.75, 3.05) is 0 Å². The predicted molar refractivity (Wildman–Crippen MR) is 103 cm³/mol. The van der Waals surface area contributed by atoms with Gasteiger partial charge in [0.1, 0.15) is 11.5 Å². The van der Waals surface area contributed by atoms with Crippen molar-refractivity contribution in [1.29, 1.82) is 5.41 Å². The maximum Gasteiger partial charge on any atom is 0.491 e. The van der Waals surface area contributed by atoms with Gasteiger partial charge in [-0.15, -0.1) is 0 Å². The molecule has 154 valence electrons. The molecule has 9 heteroatoms. The zero-order valence-electron chi connectivity index (χ0n) is 15.3. The van der Waals surface area contributed by atoms with Crippen molar-refractivity contribution in [1.82, 2.24) is 0 Å². The van der Waals surface area contributed by atoms with Gasteiger partial charge in [0.15, 0.2) is 0 Å². The molecule has 2 aromatic rings. The summed E-state index contributed by atoms with van der Waals surface area (Å²) in [5, 5.41) is 8.24. The van der Waals surface area contributed by atoms with Gasteiger partial charge in [-0.05, 0) is 54.4 Å². The summed E-state index contributed by atoms with van der Waals surface area (Å²) in [5.41, 5.74) is 0.534. The van der Waals surface area contributed by atoms with E-state index in [1.165, 1.54) is 0 Å². The van der Waals surface area contributed by atoms with E-state index in [0.29, 0.717) is 23.5 Å². The molecule has 29 heavy (non-hydrogen) atoms. The maximum absolute atomic E-state index is 12.2. The molecule has 0 saturated carbocycles. The van der Waals surface area contributed by atoms with Gasteiger partial charge in [-0.3, -0.25) is 4.79 Å². The number of nitrogens with one attached hydrogen (secondary N) is 1. The summed E-state index contributed by atoms with van der Waals surface area (Å²) < 4.78 is 46.9. The molecule has 0 aliphatic rings. The molecule has 0 bridgehead atoms. The van der Waals surface area contributed by atoms with Gasteiger partial charge in [0.25, 0.3) is 0 Å². The largest absolute Gasteiger partial charge is 0.491 e. The van der Waals surface area contributed by atoms with E-state index in [0.717, 1.165) is 4.47 Å². The van der Waals surface area contributed by atoms with Gasteiger partial charge in [-0.25, -0.2) is 4.79 Å². The lowest BCUT2D eigenvalue weighted by atomic mass is 9.91. The first kappa shape index (κ1) is 22.6. The number of esters is 2. The van der Waals surface area contributed by atoms with Gasteiger partial charge in [-0.1, -0.05) is 28.9 Å². The summed E-state index contributed by atoms with van der Waals surface area (Å²) in [5.74, 6) is -3.43. The van der Waals surface area contributed by atoms with E-state index in [9.17, 15) is 22.8 Å². The van der Waals surface area contributed by atoms with Gasteiger partial charge in [0.2, 0.25) is 0 Å². The predicted octanol–water partition coefficient (Wildman–Crippen LogP) is 5.66. The Labute approximate surface area is 173 Å². The van der Waals surface area contributed by atoms with E-state index in [1.54, 1.807) is 43.3 Å². The van der Waals surface area contributed by atoms with Crippen molar-refractivity contribution in [2.45, 2.75) is 25.9 Å². The molecule has 0 fully saturated rings. The fourth-order valence-corrected chi connectivity index (χ4v) is 2.84. The zero-order valence-corrected chi connectivity index (χ0v) is 16.8. The van der Waals surface area contributed by atoms with Crippen molar-refractivity contribution in [3.8, 4) is 11.5 Å². The number of ether oxygens (including phenoxy) is 2. The van der Waals surface area contributed by atoms with Gasteiger partial charge in [-0.2, -0.15) is 13.2 Å². The van der Waals surface area contributed by atoms with Crippen molar-refractivity contribution in [2.24, 2.45) is 5.92 Å². The number of hydrogen-bond donors (Lipinski definition) is 1. The molecule has 0 spiro atoms. The molecule has 0 aromatic heterocycles. The lowest BCUT2D eigenvalue weighted by Gasteiger charge is -2.16. The minimum absolute atomic E-state index is 0.0536. The number of rotatable bonds is 7. The zero-order chi connectivity index (χ0) is 21.6. The summed E-state index contributed by atoms with van der Waals surface area (Å²) in [6, 6.07) is 13.8. The maximum atomic E-state index is 12.2. The topological polar surface area (TPSA) is 76.5 Å². The highest BCUT2D eigenvalue weighted by atomic mass is 79.9. The van der Waals surface area contributed by atoms with E-state index >= 15 is 0 Å². The van der Waals surface area contributed by atoms with E-state index in [2.05, 4.69) is 20.7 Å². The quantitative estimate of drug-likeness (QED) is 0.321. The number of carbonyl (C=O) groups is 2. The van der Waals surface area contributed by atoms with Gasteiger partial charge in [0.05, 0.1) is 6.42 Å². The second-order valence-electron chi connectivity index (χ2n) is 6.07. The monoisotopic (exact) mass is 471 g/mol. The van der Waals surface area contributed by atoms with Crippen molar-refractivity contribution in [3.05, 3.63) is 58.6 Å². The van der Waals surface area contributed by atoms with Crippen LogP contribution in [0, 0.1) is 11.3 Å². The molecule has 1 atom stereocenters. The van der Waals surface area contributed by atoms with Crippen LogP contribution in [0.5, 0.6) is 11.5 Å². The number of hydrogen-bond acceptors (Lipinski definition) is 5. The van der Waals surface area contributed by atoms with Crippen LogP contribution in [0.25, 0.3) is 0 Å². The molecule has 0 unspecified atom stereocenters. The van der Waals surface area contributed by atoms with Crippen LogP contribution in [0.1, 0.15) is 25.3 Å². The molecule has 5 nitrogen and oxygen atoms in total. The van der Waals surface area contributed by atoms with Crippen LogP contribution in [-0.4, -0.2) is 23.8 Å². The lowest BCUT2D eigenvalue weighted by molar-refractivity contribution is -0.202. The summed E-state index contributed by atoms with van der Waals surface area (Å²) >= 11 is 3.35. The molecular weight excluding hydrogens is 455 g/mol. The Morgan fingerprint density at radius 3 is 2.31 bits per heavy atom. The fourth-order valence-electron chi connectivity index (χ4n) is 2.46. The number of alkyl halides is 3. The van der Waals surface area contributed by atoms with Crippen LogP contribution in [-0.2, 0) is 14.3 Å². The number of benzene rings is 2. The standard InChI is InChI=1S/C20H17BrF3NO4/c1-2-12(10-17(26)29-19(27)20(22,23)24)18(25)13-6-8-15(9-7-13)28-16-5-3-4-14(21)11-16/h3-9,11-12,25H,2,10H2,1H3/t12-/m0/s1. The van der Waals surface area contributed by atoms with E-state index in [1.807, 2.05) is 12.1 Å². The molecule has 0 aliphatic carbocycles. The Kier molecular flexibility index (Phi) is 7.55. The average Bonchev–Trinajstić information content (AvgIpc) is 2.65. The third-order valence-electron chi connectivity index (χ3n) is 3.95. The first-order chi connectivity index (χ1) is 13.6. The van der Waals surface area contributed by atoms with Crippen LogP contribution in [0.3, 0.4) is 0 Å². The average molecular weight is 472 g/mol. The van der Waals surface area contributed by atoms with Crippen molar-refractivity contribution in [3.63, 3.8) is 0 Å². The number of halogens is 4. The Hall–Kier alpha value is -2.68. The molecular formula is C20H17BrF3NO4. The summed E-state index contributed by atoms with van der Waals surface area (Å²) in [4.78, 5) is 22.4. The highest BCUT2D eigenvalue weighted by Gasteiger charge is 2.42. The summed E-state index contributed by atoms with van der Waals surface area (Å²) in [7, 11) is 0. The van der Waals surface area contributed by atoms with Crippen molar-refractivity contribution < 1.29 is 32.2 Å². The fraction of sp³-hybridized carbons (Fsp3) is 0.250. The van der Waals surface area contributed by atoms with Crippen LogP contribution in [0.15, 0.2) is 53.0 Å². The molecule has 0 saturated heterocycles. The third-order valence-corrected chi connectivity index (χ3v) is 4.44. The minimum atomic E-state index is -5.24. The first-order valence-corrected chi connectivity index (χ1v) is 9.33. The molecule has 0 radical (unpaired) electrons. The lowest BCUT2D eigenvalue weighted by Crippen LogP contribution is -2.29. The third kappa shape index (κ3) is 6.70. The molecule has 1 N–H and O–H groups in total. The molecule has 0 heterocycles. The highest BCUT2D eigenvalue weighted by molar-refractivity contribution is 9.10. The molecule has 0 amide bonds. The smallest absolute Gasteiger partial charge is 0.457 e. The first-order valence-electron chi connectivity index (χ1n) is 8.54. The van der Waals surface area contributed by atoms with Crippen LogP contribution < -0.4 is 4.74 Å². The SMILES string of the molecule is CC[C@@H](CC(=O)OC(=O)C(F)(F)F)C(=N)c1ccc(Oc2cccc(Br)c2)cc1. The number of carbonyl (C=O) groups excluding carboxylic acids is 2. The van der Waals surface area contributed by atoms with Gasteiger partial charge >= 0.3 is 18.1 Å². The van der Waals surface area contributed by atoms with E-state index in [-0.39, 0.29) is 5.71 Å². The van der Waals surface area contributed by atoms with E-state index < -0.39 is 30.5 Å². The second-order valence-corrected chi connectivity index (χ2v) is 6.98. The van der Waals surface area contributed by atoms with Crippen LogP contribution in [0.2, 0.25) is 0 Å². The summed E-state index contributed by atoms with van der Waals surface area (Å²) in [6.07, 6.45) is -5.44. The Balaban J connectivity index is 2.01. The minimum Gasteiger partial charge on any atom is -0.457 e. The van der Waals surface area contributed by atoms with Crippen molar-refractivity contribution >= 4 is 33.6 Å². The molecule has 2 aromatic carbocycles. The Morgan fingerprint density at radius 1 is 1.10 bits per heavy atom. The Morgan fingerprint density at radius 2 is 1.76 bits per heavy atom. The van der Waals surface area contributed by atoms with Gasteiger partial charge in [0, 0.05) is 16.1 Å². The van der Waals surface area contributed by atoms with Crippen LogP contribution >= 0.6 is 15.9 Å². The summed E-state index contributed by atoms with van der Waals surface area (Å²) in [6.45, 7) is 1.68. The normalized spacial score (nSPS) is 12.2. The Bertz CT molecular complexity index is 897. The van der Waals surface area contributed by atoms with Gasteiger partial charge < -0.3 is 14.9 Å². The molecule has 2 rings (SSSR count).